The van der Waals surface area contributed by atoms with Gasteiger partial charge in [-0.2, -0.15) is 0 Å². The van der Waals surface area contributed by atoms with Gasteiger partial charge in [0.05, 0.1) is 33.5 Å². The number of fused-ring (bicyclic) bond motifs is 6. The van der Waals surface area contributed by atoms with Crippen LogP contribution < -0.4 is 0 Å². The minimum absolute atomic E-state index is 0.223. The fourth-order valence-electron chi connectivity index (χ4n) is 6.02. The highest BCUT2D eigenvalue weighted by atomic mass is 14.8. The van der Waals surface area contributed by atoms with E-state index in [0.717, 1.165) is 66.1 Å². The van der Waals surface area contributed by atoms with Crippen LogP contribution in [0.2, 0.25) is 0 Å². The Labute approximate surface area is 237 Å². The van der Waals surface area contributed by atoms with Crippen molar-refractivity contribution in [3.63, 3.8) is 0 Å². The van der Waals surface area contributed by atoms with Crippen molar-refractivity contribution in [3.05, 3.63) is 139 Å². The van der Waals surface area contributed by atoms with E-state index in [1.54, 1.807) is 0 Å². The Morgan fingerprint density at radius 1 is 0.561 bits per heavy atom. The predicted octanol–water partition coefficient (Wildman–Crippen LogP) is 8.92. The number of nitrogens with zero attached hydrogens (tertiary/aromatic N) is 4. The first-order valence-electron chi connectivity index (χ1n) is 14.0. The Balaban J connectivity index is 1.19. The number of aromatic nitrogens is 4. The molecule has 0 saturated carbocycles. The zero-order valence-electron chi connectivity index (χ0n) is 22.6. The van der Waals surface area contributed by atoms with Crippen molar-refractivity contribution in [1.29, 1.82) is 0 Å². The molecular weight excluding hydrogens is 500 g/mol. The van der Waals surface area contributed by atoms with E-state index in [2.05, 4.69) is 120 Å². The molecule has 3 aromatic carbocycles. The van der Waals surface area contributed by atoms with Crippen molar-refractivity contribution in [2.75, 3.05) is 0 Å². The molecule has 4 aromatic heterocycles. The zero-order valence-corrected chi connectivity index (χ0v) is 22.6. The van der Waals surface area contributed by atoms with E-state index >= 15 is 0 Å². The second kappa shape index (κ2) is 9.46. The van der Waals surface area contributed by atoms with Gasteiger partial charge in [-0.25, -0.2) is 9.97 Å². The summed E-state index contributed by atoms with van der Waals surface area (Å²) >= 11 is 0. The molecule has 0 radical (unpaired) electrons. The molecule has 4 nitrogen and oxygen atoms in total. The standard InChI is InChI=1S/C37H26N4/c1-23-9-10-30(33-18-16-27-14-12-25-8-4-20-39-35(25)37(27)41-33)22-31(23)28-5-2-6-29(21-28)32-17-15-26-13-11-24-7-3-19-38-34(24)36(26)40-32/h2-23,31H,1H3. The largest absolute Gasteiger partial charge is 0.254 e. The average molecular weight is 527 g/mol. The third-order valence-electron chi connectivity index (χ3n) is 8.23. The van der Waals surface area contributed by atoms with Crippen molar-refractivity contribution in [1.82, 2.24) is 19.9 Å². The molecule has 2 atom stereocenters. The van der Waals surface area contributed by atoms with Crippen LogP contribution in [0.15, 0.2) is 128 Å². The van der Waals surface area contributed by atoms with Crippen molar-refractivity contribution in [2.24, 2.45) is 5.92 Å². The van der Waals surface area contributed by atoms with Crippen molar-refractivity contribution < 1.29 is 0 Å². The molecule has 4 heteroatoms. The molecule has 0 N–H and O–H groups in total. The van der Waals surface area contributed by atoms with Crippen molar-refractivity contribution in [2.45, 2.75) is 12.8 Å². The molecule has 0 aliphatic heterocycles. The molecule has 0 spiro atoms. The van der Waals surface area contributed by atoms with Gasteiger partial charge in [0.15, 0.2) is 0 Å². The van der Waals surface area contributed by atoms with Gasteiger partial charge in [-0.1, -0.05) is 91.9 Å². The zero-order chi connectivity index (χ0) is 27.3. The third kappa shape index (κ3) is 4.07. The molecule has 2 unspecified atom stereocenters. The number of benzene rings is 3. The van der Waals surface area contributed by atoms with Crippen molar-refractivity contribution >= 4 is 49.2 Å². The maximum atomic E-state index is 5.10. The lowest BCUT2D eigenvalue weighted by molar-refractivity contribution is 0.637. The summed E-state index contributed by atoms with van der Waals surface area (Å²) in [5.74, 6) is 0.579. The van der Waals surface area contributed by atoms with Crippen LogP contribution in [-0.2, 0) is 0 Å². The maximum Gasteiger partial charge on any atom is 0.0972 e. The van der Waals surface area contributed by atoms with Crippen LogP contribution in [0.1, 0.15) is 24.1 Å². The lowest BCUT2D eigenvalue weighted by Crippen LogP contribution is -2.09. The first-order chi connectivity index (χ1) is 20.2. The number of allylic oxidation sites excluding steroid dienone is 4. The van der Waals surface area contributed by atoms with Gasteiger partial charge in [-0.3, -0.25) is 9.97 Å². The Kier molecular flexibility index (Phi) is 5.46. The van der Waals surface area contributed by atoms with Crippen LogP contribution in [0.3, 0.4) is 0 Å². The van der Waals surface area contributed by atoms with Crippen LogP contribution in [-0.4, -0.2) is 19.9 Å². The van der Waals surface area contributed by atoms with E-state index in [0.29, 0.717) is 5.92 Å². The highest BCUT2D eigenvalue weighted by molar-refractivity contribution is 6.04. The highest BCUT2D eigenvalue weighted by Gasteiger charge is 2.21. The fourth-order valence-corrected chi connectivity index (χ4v) is 6.02. The SMILES string of the molecule is CC1C=CC(c2ccc3ccc4cccnc4c3n2)=CC1c1cccc(-c2ccc3ccc4cccnc4c3n2)c1. The molecule has 0 bridgehead atoms. The summed E-state index contributed by atoms with van der Waals surface area (Å²) in [6.45, 7) is 2.28. The molecule has 194 valence electrons. The van der Waals surface area contributed by atoms with Gasteiger partial charge in [0.25, 0.3) is 0 Å². The van der Waals surface area contributed by atoms with Crippen LogP contribution in [0.4, 0.5) is 0 Å². The molecule has 4 heterocycles. The van der Waals surface area contributed by atoms with E-state index in [1.807, 2.05) is 24.5 Å². The summed E-state index contributed by atoms with van der Waals surface area (Å²) in [6, 6.07) is 33.9. The molecule has 0 saturated heterocycles. The molecule has 7 aromatic rings. The van der Waals surface area contributed by atoms with E-state index < -0.39 is 0 Å². The molecule has 41 heavy (non-hydrogen) atoms. The molecule has 0 fully saturated rings. The number of pyridine rings is 4. The summed E-state index contributed by atoms with van der Waals surface area (Å²) in [6.07, 6.45) is 10.5. The van der Waals surface area contributed by atoms with Gasteiger partial charge in [0.2, 0.25) is 0 Å². The number of hydrogen-bond acceptors (Lipinski definition) is 4. The second-order valence-corrected chi connectivity index (χ2v) is 10.8. The van der Waals surface area contributed by atoms with E-state index in [9.17, 15) is 0 Å². The van der Waals surface area contributed by atoms with Gasteiger partial charge < -0.3 is 0 Å². The number of hydrogen-bond donors (Lipinski definition) is 0. The molecule has 1 aliphatic rings. The quantitative estimate of drug-likeness (QED) is 0.216. The number of rotatable bonds is 3. The van der Waals surface area contributed by atoms with Crippen molar-refractivity contribution in [3.8, 4) is 11.3 Å². The molecule has 8 rings (SSSR count). The lowest BCUT2D eigenvalue weighted by Gasteiger charge is -2.24. The molecule has 0 amide bonds. The van der Waals surface area contributed by atoms with Crippen LogP contribution >= 0.6 is 0 Å². The summed E-state index contributed by atoms with van der Waals surface area (Å²) in [7, 11) is 0. The van der Waals surface area contributed by atoms with Gasteiger partial charge in [-0.15, -0.1) is 0 Å². The Hall–Kier alpha value is -5.22. The smallest absolute Gasteiger partial charge is 0.0972 e. The predicted molar refractivity (Wildman–Crippen MR) is 169 cm³/mol. The molecule has 1 aliphatic carbocycles. The first-order valence-corrected chi connectivity index (χ1v) is 14.0. The summed E-state index contributed by atoms with van der Waals surface area (Å²) in [5, 5.41) is 4.40. The monoisotopic (exact) mass is 526 g/mol. The Morgan fingerprint density at radius 2 is 1.15 bits per heavy atom. The fraction of sp³-hybridized carbons (Fsp3) is 0.0811. The van der Waals surface area contributed by atoms with E-state index in [4.69, 9.17) is 9.97 Å². The third-order valence-corrected chi connectivity index (χ3v) is 8.23. The normalized spacial score (nSPS) is 17.0. The maximum absolute atomic E-state index is 5.10. The summed E-state index contributed by atoms with van der Waals surface area (Å²) in [4.78, 5) is 19.5. The summed E-state index contributed by atoms with van der Waals surface area (Å²) < 4.78 is 0. The average Bonchev–Trinajstić information content (AvgIpc) is 3.04. The van der Waals surface area contributed by atoms with Gasteiger partial charge in [0.1, 0.15) is 0 Å². The Bertz CT molecular complexity index is 2190. The van der Waals surface area contributed by atoms with Crippen LogP contribution in [0.25, 0.3) is 60.4 Å². The van der Waals surface area contributed by atoms with E-state index in [1.165, 1.54) is 5.56 Å². The minimum Gasteiger partial charge on any atom is -0.254 e. The summed E-state index contributed by atoms with van der Waals surface area (Å²) in [5.41, 5.74) is 9.19. The van der Waals surface area contributed by atoms with E-state index in [-0.39, 0.29) is 5.92 Å². The highest BCUT2D eigenvalue weighted by Crippen LogP contribution is 2.37. The van der Waals surface area contributed by atoms with Crippen LogP contribution in [0.5, 0.6) is 0 Å². The second-order valence-electron chi connectivity index (χ2n) is 10.8. The lowest BCUT2D eigenvalue weighted by atomic mass is 9.81. The van der Waals surface area contributed by atoms with Gasteiger partial charge in [-0.05, 0) is 47.4 Å². The molecular formula is C37H26N4. The minimum atomic E-state index is 0.223. The first kappa shape index (κ1) is 23.6. The van der Waals surface area contributed by atoms with Crippen LogP contribution in [0, 0.1) is 5.92 Å². The van der Waals surface area contributed by atoms with Gasteiger partial charge in [0, 0.05) is 45.4 Å². The Morgan fingerprint density at radius 3 is 1.83 bits per heavy atom. The topological polar surface area (TPSA) is 51.6 Å². The van der Waals surface area contributed by atoms with Gasteiger partial charge >= 0.3 is 0 Å².